The number of aliphatic hydroxyl groups is 1. The molecule has 0 saturated heterocycles. The number of aliphatic hydroxyl groups excluding tert-OH is 1. The maximum Gasteiger partial charge on any atom is 0.139 e. The summed E-state index contributed by atoms with van der Waals surface area (Å²) in [6, 6.07) is 10.0. The van der Waals surface area contributed by atoms with Crippen LogP contribution in [0.4, 0.5) is 0 Å². The van der Waals surface area contributed by atoms with Crippen molar-refractivity contribution in [3.63, 3.8) is 0 Å². The number of aryl methyl sites for hydroxylation is 1. The maximum atomic E-state index is 10.4. The van der Waals surface area contributed by atoms with Crippen LogP contribution in [0.2, 0.25) is 0 Å². The predicted molar refractivity (Wildman–Crippen MR) is 75.6 cm³/mol. The molecule has 4 heteroatoms. The van der Waals surface area contributed by atoms with Crippen molar-refractivity contribution in [3.8, 4) is 5.75 Å². The van der Waals surface area contributed by atoms with Gasteiger partial charge in [-0.05, 0) is 36.1 Å². The molecule has 2 unspecified atom stereocenters. The zero-order chi connectivity index (χ0) is 12.5. The van der Waals surface area contributed by atoms with Crippen LogP contribution in [0.25, 0.3) is 0 Å². The summed E-state index contributed by atoms with van der Waals surface area (Å²) < 4.78 is 5.91. The largest absolute Gasteiger partial charge is 0.485 e. The Balaban J connectivity index is 1.82. The Labute approximate surface area is 115 Å². The maximum absolute atomic E-state index is 10.4. The van der Waals surface area contributed by atoms with Crippen LogP contribution in [0.1, 0.15) is 16.5 Å². The van der Waals surface area contributed by atoms with Crippen molar-refractivity contribution in [1.29, 1.82) is 0 Å². The van der Waals surface area contributed by atoms with Gasteiger partial charge in [-0.1, -0.05) is 12.1 Å². The van der Waals surface area contributed by atoms with Gasteiger partial charge in [-0.25, -0.2) is 0 Å². The third-order valence-corrected chi connectivity index (χ3v) is 5.29. The van der Waals surface area contributed by atoms with Gasteiger partial charge in [0, 0.05) is 15.5 Å². The summed E-state index contributed by atoms with van der Waals surface area (Å²) in [7, 11) is 0. The van der Waals surface area contributed by atoms with Crippen LogP contribution in [0.3, 0.4) is 0 Å². The van der Waals surface area contributed by atoms with Gasteiger partial charge in [0.1, 0.15) is 18.0 Å². The van der Waals surface area contributed by atoms with Crippen LogP contribution in [0.15, 0.2) is 40.6 Å². The van der Waals surface area contributed by atoms with E-state index in [2.05, 4.69) is 6.07 Å². The summed E-state index contributed by atoms with van der Waals surface area (Å²) in [5, 5.41) is 12.4. The first-order valence-electron chi connectivity index (χ1n) is 5.86. The highest BCUT2D eigenvalue weighted by atomic mass is 32.2. The van der Waals surface area contributed by atoms with Gasteiger partial charge in [-0.2, -0.15) is 0 Å². The fourth-order valence-electron chi connectivity index (χ4n) is 2.05. The van der Waals surface area contributed by atoms with Crippen LogP contribution in [0.5, 0.6) is 5.75 Å². The monoisotopic (exact) mass is 278 g/mol. The van der Waals surface area contributed by atoms with E-state index in [0.717, 1.165) is 26.8 Å². The Morgan fingerprint density at radius 3 is 2.94 bits per heavy atom. The minimum Gasteiger partial charge on any atom is -0.485 e. The molecule has 1 aliphatic heterocycles. The number of hydrogen-bond acceptors (Lipinski definition) is 4. The Morgan fingerprint density at radius 2 is 2.17 bits per heavy atom. The highest BCUT2D eigenvalue weighted by Gasteiger charge is 2.29. The third kappa shape index (κ3) is 2.16. The predicted octanol–water partition coefficient (Wildman–Crippen LogP) is 3.64. The molecule has 0 fully saturated rings. The molecule has 1 aliphatic rings. The summed E-state index contributed by atoms with van der Waals surface area (Å²) in [5.74, 6) is 1.67. The van der Waals surface area contributed by atoms with Crippen molar-refractivity contribution in [2.75, 3.05) is 5.75 Å². The fraction of sp³-hybridized carbons (Fsp3) is 0.286. The molecule has 3 rings (SSSR count). The van der Waals surface area contributed by atoms with Crippen LogP contribution in [-0.4, -0.2) is 17.0 Å². The first-order valence-corrected chi connectivity index (χ1v) is 7.73. The number of fused-ring (bicyclic) bond motifs is 1. The zero-order valence-corrected chi connectivity index (χ0v) is 11.6. The highest BCUT2D eigenvalue weighted by Crippen LogP contribution is 2.39. The smallest absolute Gasteiger partial charge is 0.139 e. The second kappa shape index (κ2) is 4.96. The molecule has 1 aromatic heterocycles. The van der Waals surface area contributed by atoms with E-state index in [1.807, 2.05) is 36.6 Å². The lowest BCUT2D eigenvalue weighted by atomic mass is 10.1. The van der Waals surface area contributed by atoms with Crippen LogP contribution >= 0.6 is 23.1 Å². The topological polar surface area (TPSA) is 29.5 Å². The van der Waals surface area contributed by atoms with E-state index in [9.17, 15) is 5.11 Å². The molecule has 0 radical (unpaired) electrons. The molecule has 0 amide bonds. The van der Waals surface area contributed by atoms with Gasteiger partial charge < -0.3 is 9.84 Å². The molecule has 2 atom stereocenters. The van der Waals surface area contributed by atoms with E-state index in [0.29, 0.717) is 0 Å². The average Bonchev–Trinajstić information content (AvgIpc) is 2.83. The molecule has 1 N–H and O–H groups in total. The van der Waals surface area contributed by atoms with E-state index in [1.54, 1.807) is 23.1 Å². The summed E-state index contributed by atoms with van der Waals surface area (Å²) in [4.78, 5) is 2.17. The van der Waals surface area contributed by atoms with E-state index in [1.165, 1.54) is 0 Å². The number of benzene rings is 1. The Kier molecular flexibility index (Phi) is 3.33. The van der Waals surface area contributed by atoms with Gasteiger partial charge in [0.05, 0.1) is 0 Å². The number of thioether (sulfide) groups is 1. The van der Waals surface area contributed by atoms with E-state index >= 15 is 0 Å². The summed E-state index contributed by atoms with van der Waals surface area (Å²) in [5.41, 5.74) is 1.14. The normalized spacial score (nSPS) is 20.0. The average molecular weight is 278 g/mol. The molecule has 1 aromatic carbocycles. The molecule has 2 aromatic rings. The molecule has 2 nitrogen and oxygen atoms in total. The van der Waals surface area contributed by atoms with Gasteiger partial charge in [0.15, 0.2) is 0 Å². The lowest BCUT2D eigenvalue weighted by Crippen LogP contribution is -2.30. The SMILES string of the molecule is Cc1ccsc1C(O)C1CSc2ccccc2O1. The highest BCUT2D eigenvalue weighted by molar-refractivity contribution is 7.99. The van der Waals surface area contributed by atoms with Crippen molar-refractivity contribution in [1.82, 2.24) is 0 Å². The second-order valence-corrected chi connectivity index (χ2v) is 6.34. The molecule has 2 heterocycles. The molecule has 0 saturated carbocycles. The van der Waals surface area contributed by atoms with Gasteiger partial charge in [0.25, 0.3) is 0 Å². The molecular formula is C14H14O2S2. The molecule has 94 valence electrons. The first kappa shape index (κ1) is 12.1. The third-order valence-electron chi connectivity index (χ3n) is 3.05. The van der Waals surface area contributed by atoms with Gasteiger partial charge in [-0.15, -0.1) is 23.1 Å². The van der Waals surface area contributed by atoms with Crippen LogP contribution in [-0.2, 0) is 0 Å². The van der Waals surface area contributed by atoms with Crippen molar-refractivity contribution in [3.05, 3.63) is 46.2 Å². The number of hydrogen-bond donors (Lipinski definition) is 1. The van der Waals surface area contributed by atoms with Gasteiger partial charge in [-0.3, -0.25) is 0 Å². The Bertz CT molecular complexity index is 550. The molecule has 0 spiro atoms. The van der Waals surface area contributed by atoms with E-state index in [-0.39, 0.29) is 6.10 Å². The molecule has 0 bridgehead atoms. The number of ether oxygens (including phenoxy) is 1. The minimum atomic E-state index is -0.536. The van der Waals surface area contributed by atoms with Crippen LogP contribution < -0.4 is 4.74 Å². The van der Waals surface area contributed by atoms with Gasteiger partial charge in [0.2, 0.25) is 0 Å². The lowest BCUT2D eigenvalue weighted by molar-refractivity contribution is 0.0477. The molecular weight excluding hydrogens is 264 g/mol. The van der Waals surface area contributed by atoms with Crippen molar-refractivity contribution < 1.29 is 9.84 Å². The number of thiophene rings is 1. The van der Waals surface area contributed by atoms with Crippen LogP contribution in [0, 0.1) is 6.92 Å². The zero-order valence-electron chi connectivity index (χ0n) is 10.00. The number of para-hydroxylation sites is 1. The Morgan fingerprint density at radius 1 is 1.33 bits per heavy atom. The van der Waals surface area contributed by atoms with Crippen molar-refractivity contribution in [2.24, 2.45) is 0 Å². The Hall–Kier alpha value is -0.970. The van der Waals surface area contributed by atoms with Gasteiger partial charge >= 0.3 is 0 Å². The standard InChI is InChI=1S/C14H14O2S2/c1-9-6-7-17-14(9)13(15)11-8-18-12-5-3-2-4-10(12)16-11/h2-7,11,13,15H,8H2,1H3. The van der Waals surface area contributed by atoms with E-state index in [4.69, 9.17) is 4.74 Å². The second-order valence-electron chi connectivity index (χ2n) is 4.33. The quantitative estimate of drug-likeness (QED) is 0.909. The minimum absolute atomic E-state index is 0.165. The number of rotatable bonds is 2. The summed E-state index contributed by atoms with van der Waals surface area (Å²) in [6.07, 6.45) is -0.701. The first-order chi connectivity index (χ1) is 8.75. The van der Waals surface area contributed by atoms with Crippen molar-refractivity contribution >= 4 is 23.1 Å². The molecule has 0 aliphatic carbocycles. The summed E-state index contributed by atoms with van der Waals surface area (Å²) in [6.45, 7) is 2.03. The van der Waals surface area contributed by atoms with E-state index < -0.39 is 6.10 Å². The lowest BCUT2D eigenvalue weighted by Gasteiger charge is -2.29. The fourth-order valence-corrected chi connectivity index (χ4v) is 4.04. The summed E-state index contributed by atoms with van der Waals surface area (Å²) >= 11 is 3.34. The molecule has 18 heavy (non-hydrogen) atoms. The van der Waals surface area contributed by atoms with Crippen molar-refractivity contribution in [2.45, 2.75) is 24.0 Å².